The van der Waals surface area contributed by atoms with Gasteiger partial charge in [0.05, 0.1) is 6.54 Å². The van der Waals surface area contributed by atoms with Crippen LogP contribution in [0.1, 0.15) is 38.2 Å². The Morgan fingerprint density at radius 2 is 2.14 bits per heavy atom. The first-order chi connectivity index (χ1) is 10.7. The van der Waals surface area contributed by atoms with Gasteiger partial charge in [-0.1, -0.05) is 41.4 Å². The van der Waals surface area contributed by atoms with Crippen molar-refractivity contribution in [3.05, 3.63) is 34.3 Å². The van der Waals surface area contributed by atoms with Gasteiger partial charge in [-0.25, -0.2) is 0 Å². The molecule has 1 aliphatic rings. The zero-order chi connectivity index (χ0) is 15.8. The molecule has 2 rings (SSSR count). The van der Waals surface area contributed by atoms with Crippen LogP contribution in [0.15, 0.2) is 28.7 Å². The van der Waals surface area contributed by atoms with Crippen molar-refractivity contribution in [1.29, 1.82) is 0 Å². The van der Waals surface area contributed by atoms with E-state index in [4.69, 9.17) is 4.74 Å². The lowest BCUT2D eigenvalue weighted by molar-refractivity contribution is -0.120. The third-order valence-electron chi connectivity index (χ3n) is 4.16. The summed E-state index contributed by atoms with van der Waals surface area (Å²) >= 11 is 3.54. The number of unbranched alkanes of at least 4 members (excludes halogenated alkanes) is 1. The maximum Gasteiger partial charge on any atom is 0.233 e. The Hall–Kier alpha value is -0.910. The lowest BCUT2D eigenvalue weighted by atomic mass is 9.82. The highest BCUT2D eigenvalue weighted by Crippen LogP contribution is 2.33. The topological polar surface area (TPSA) is 50.4 Å². The molecule has 1 aromatic carbocycles. The monoisotopic (exact) mass is 368 g/mol. The van der Waals surface area contributed by atoms with Crippen molar-refractivity contribution < 1.29 is 9.53 Å². The maximum atomic E-state index is 12.0. The summed E-state index contributed by atoms with van der Waals surface area (Å²) in [5.74, 6) is 0.0642. The van der Waals surface area contributed by atoms with Crippen LogP contribution >= 0.6 is 15.9 Å². The van der Waals surface area contributed by atoms with E-state index in [-0.39, 0.29) is 11.4 Å². The molecule has 1 fully saturated rings. The fourth-order valence-corrected chi connectivity index (χ4v) is 3.19. The Kier molecular flexibility index (Phi) is 6.86. The van der Waals surface area contributed by atoms with E-state index < -0.39 is 0 Å². The minimum atomic E-state index is -0.176. The number of rotatable bonds is 7. The van der Waals surface area contributed by atoms with E-state index in [2.05, 4.69) is 45.6 Å². The average molecular weight is 369 g/mol. The number of benzene rings is 1. The second kappa shape index (κ2) is 8.65. The van der Waals surface area contributed by atoms with Crippen LogP contribution in [0.2, 0.25) is 0 Å². The van der Waals surface area contributed by atoms with Crippen molar-refractivity contribution in [2.75, 3.05) is 26.3 Å². The summed E-state index contributed by atoms with van der Waals surface area (Å²) in [6.07, 6.45) is 3.88. The minimum absolute atomic E-state index is 0.0642. The van der Waals surface area contributed by atoms with Crippen LogP contribution in [0.25, 0.3) is 0 Å². The molecule has 4 nitrogen and oxygen atoms in total. The second-order valence-corrected chi connectivity index (χ2v) is 6.68. The molecule has 0 aliphatic carbocycles. The summed E-state index contributed by atoms with van der Waals surface area (Å²) in [7, 11) is 0. The first kappa shape index (κ1) is 17.4. The van der Waals surface area contributed by atoms with Gasteiger partial charge < -0.3 is 10.1 Å². The number of hydrogen-bond donors (Lipinski definition) is 2. The summed E-state index contributed by atoms with van der Waals surface area (Å²) < 4.78 is 6.57. The summed E-state index contributed by atoms with van der Waals surface area (Å²) in [5, 5.41) is 6.45. The highest BCUT2D eigenvalue weighted by atomic mass is 79.9. The van der Waals surface area contributed by atoms with Crippen LogP contribution in [0.4, 0.5) is 0 Å². The van der Waals surface area contributed by atoms with E-state index in [1.807, 2.05) is 12.1 Å². The number of amides is 1. The van der Waals surface area contributed by atoms with E-state index in [9.17, 15) is 4.79 Å². The van der Waals surface area contributed by atoms with E-state index >= 15 is 0 Å². The standard InChI is InChI=1S/C17H25BrN2O2/c1-2-3-9-19-16(21)13-20-17(7-10-22-11-8-17)14-5-4-6-15(18)12-14/h4-6,12,20H,2-3,7-11,13H2,1H3,(H,19,21). The van der Waals surface area contributed by atoms with Crippen LogP contribution in [-0.2, 0) is 15.1 Å². The van der Waals surface area contributed by atoms with Crippen LogP contribution in [0.3, 0.4) is 0 Å². The molecule has 0 radical (unpaired) electrons. The molecule has 122 valence electrons. The largest absolute Gasteiger partial charge is 0.381 e. The Morgan fingerprint density at radius 1 is 1.36 bits per heavy atom. The molecule has 0 saturated carbocycles. The zero-order valence-electron chi connectivity index (χ0n) is 13.2. The molecule has 0 atom stereocenters. The van der Waals surface area contributed by atoms with Crippen molar-refractivity contribution in [3.63, 3.8) is 0 Å². The molecule has 0 bridgehead atoms. The molecule has 1 amide bonds. The van der Waals surface area contributed by atoms with Gasteiger partial charge in [-0.15, -0.1) is 0 Å². The number of ether oxygens (including phenoxy) is 1. The molecular weight excluding hydrogens is 344 g/mol. The van der Waals surface area contributed by atoms with Crippen molar-refractivity contribution in [2.24, 2.45) is 0 Å². The smallest absolute Gasteiger partial charge is 0.233 e. The lowest BCUT2D eigenvalue weighted by Crippen LogP contribution is -2.50. The summed E-state index contributed by atoms with van der Waals surface area (Å²) in [4.78, 5) is 12.0. The highest BCUT2D eigenvalue weighted by molar-refractivity contribution is 9.10. The predicted molar refractivity (Wildman–Crippen MR) is 91.8 cm³/mol. The highest BCUT2D eigenvalue weighted by Gasteiger charge is 2.34. The molecule has 1 heterocycles. The summed E-state index contributed by atoms with van der Waals surface area (Å²) in [6.45, 7) is 4.66. The zero-order valence-corrected chi connectivity index (χ0v) is 14.7. The molecule has 1 saturated heterocycles. The number of hydrogen-bond acceptors (Lipinski definition) is 3. The van der Waals surface area contributed by atoms with Crippen LogP contribution in [0, 0.1) is 0 Å². The number of halogens is 1. The molecule has 2 N–H and O–H groups in total. The second-order valence-electron chi connectivity index (χ2n) is 5.76. The molecular formula is C17H25BrN2O2. The fraction of sp³-hybridized carbons (Fsp3) is 0.588. The first-order valence-corrected chi connectivity index (χ1v) is 8.81. The van der Waals surface area contributed by atoms with E-state index in [0.29, 0.717) is 6.54 Å². The Morgan fingerprint density at radius 3 is 2.82 bits per heavy atom. The maximum absolute atomic E-state index is 12.0. The quantitative estimate of drug-likeness (QED) is 0.727. The fourth-order valence-electron chi connectivity index (χ4n) is 2.79. The Labute approximate surface area is 141 Å². The van der Waals surface area contributed by atoms with Gasteiger partial charge in [0.15, 0.2) is 0 Å². The number of nitrogens with one attached hydrogen (secondary N) is 2. The minimum Gasteiger partial charge on any atom is -0.381 e. The van der Waals surface area contributed by atoms with Gasteiger partial charge >= 0.3 is 0 Å². The third-order valence-corrected chi connectivity index (χ3v) is 4.66. The van der Waals surface area contributed by atoms with Crippen LogP contribution in [-0.4, -0.2) is 32.2 Å². The van der Waals surface area contributed by atoms with Crippen molar-refractivity contribution in [2.45, 2.75) is 38.1 Å². The first-order valence-electron chi connectivity index (χ1n) is 8.02. The number of carbonyl (C=O) groups excluding carboxylic acids is 1. The van der Waals surface area contributed by atoms with Gasteiger partial charge in [0.25, 0.3) is 0 Å². The molecule has 0 spiro atoms. The predicted octanol–water partition coefficient (Wildman–Crippen LogP) is 2.96. The van der Waals surface area contributed by atoms with Crippen molar-refractivity contribution in [3.8, 4) is 0 Å². The van der Waals surface area contributed by atoms with Crippen LogP contribution < -0.4 is 10.6 Å². The Balaban J connectivity index is 2.02. The molecule has 22 heavy (non-hydrogen) atoms. The number of carbonyl (C=O) groups is 1. The summed E-state index contributed by atoms with van der Waals surface area (Å²) in [6, 6.07) is 8.32. The van der Waals surface area contributed by atoms with E-state index in [0.717, 1.165) is 49.9 Å². The van der Waals surface area contributed by atoms with Crippen LogP contribution in [0.5, 0.6) is 0 Å². The van der Waals surface area contributed by atoms with Gasteiger partial charge in [-0.2, -0.15) is 0 Å². The molecule has 1 aromatic rings. The Bertz CT molecular complexity index is 487. The molecule has 0 unspecified atom stereocenters. The van der Waals surface area contributed by atoms with Gasteiger partial charge in [-0.3, -0.25) is 10.1 Å². The molecule has 1 aliphatic heterocycles. The lowest BCUT2D eigenvalue weighted by Gasteiger charge is -2.38. The SMILES string of the molecule is CCCCNC(=O)CNC1(c2cccc(Br)c2)CCOCC1. The van der Waals surface area contributed by atoms with Gasteiger partial charge in [0, 0.05) is 29.8 Å². The van der Waals surface area contributed by atoms with Gasteiger partial charge in [0.2, 0.25) is 5.91 Å². The average Bonchev–Trinajstić information content (AvgIpc) is 2.54. The van der Waals surface area contributed by atoms with Gasteiger partial charge in [-0.05, 0) is 37.0 Å². The van der Waals surface area contributed by atoms with Crippen molar-refractivity contribution in [1.82, 2.24) is 10.6 Å². The van der Waals surface area contributed by atoms with E-state index in [1.165, 1.54) is 5.56 Å². The van der Waals surface area contributed by atoms with E-state index in [1.54, 1.807) is 0 Å². The third kappa shape index (κ3) is 4.80. The normalized spacial score (nSPS) is 17.2. The molecule has 5 heteroatoms. The van der Waals surface area contributed by atoms with Gasteiger partial charge in [0.1, 0.15) is 0 Å². The molecule has 0 aromatic heterocycles. The summed E-state index contributed by atoms with van der Waals surface area (Å²) in [5.41, 5.74) is 1.04. The van der Waals surface area contributed by atoms with Crippen molar-refractivity contribution >= 4 is 21.8 Å².